The standard InChI is InChI=1S/C13H25N3O3S/c1-5-14-9-6-10-16(4)20(17,18)15-12(3)13-8-7-11(2)19-13/h7-8,12,14-15H,5-6,9-10H2,1-4H3. The van der Waals surface area contributed by atoms with Gasteiger partial charge in [0.1, 0.15) is 11.5 Å². The summed E-state index contributed by atoms with van der Waals surface area (Å²) >= 11 is 0. The second kappa shape index (κ2) is 7.78. The van der Waals surface area contributed by atoms with E-state index in [9.17, 15) is 8.42 Å². The van der Waals surface area contributed by atoms with Crippen LogP contribution in [0.1, 0.15) is 37.8 Å². The van der Waals surface area contributed by atoms with Crippen LogP contribution >= 0.6 is 0 Å². The Bertz CT molecular complexity index is 499. The summed E-state index contributed by atoms with van der Waals surface area (Å²) in [5, 5.41) is 3.17. The summed E-state index contributed by atoms with van der Waals surface area (Å²) in [6, 6.07) is 3.22. The lowest BCUT2D eigenvalue weighted by molar-refractivity contribution is 0.414. The van der Waals surface area contributed by atoms with Crippen LogP contribution in [0.25, 0.3) is 0 Å². The predicted octanol–water partition coefficient (Wildman–Crippen LogP) is 1.41. The molecule has 1 heterocycles. The summed E-state index contributed by atoms with van der Waals surface area (Å²) in [4.78, 5) is 0. The van der Waals surface area contributed by atoms with Crippen molar-refractivity contribution in [2.75, 3.05) is 26.7 Å². The van der Waals surface area contributed by atoms with Crippen LogP contribution in [0.4, 0.5) is 0 Å². The highest BCUT2D eigenvalue weighted by Crippen LogP contribution is 2.16. The Morgan fingerprint density at radius 2 is 2.10 bits per heavy atom. The predicted molar refractivity (Wildman–Crippen MR) is 79.7 cm³/mol. The number of nitrogens with one attached hydrogen (secondary N) is 2. The molecule has 0 aromatic carbocycles. The minimum atomic E-state index is -3.49. The molecule has 20 heavy (non-hydrogen) atoms. The van der Waals surface area contributed by atoms with Gasteiger partial charge in [0.2, 0.25) is 0 Å². The normalized spacial score (nSPS) is 13.8. The van der Waals surface area contributed by atoms with E-state index in [2.05, 4.69) is 10.0 Å². The fraction of sp³-hybridized carbons (Fsp3) is 0.692. The van der Waals surface area contributed by atoms with Crippen LogP contribution in [0, 0.1) is 6.92 Å². The van der Waals surface area contributed by atoms with E-state index in [1.165, 1.54) is 4.31 Å². The van der Waals surface area contributed by atoms with Gasteiger partial charge in [0.25, 0.3) is 10.2 Å². The van der Waals surface area contributed by atoms with E-state index in [1.807, 2.05) is 19.9 Å². The molecular weight excluding hydrogens is 278 g/mol. The highest BCUT2D eigenvalue weighted by Gasteiger charge is 2.22. The summed E-state index contributed by atoms with van der Waals surface area (Å²) < 4.78 is 33.6. The second-order valence-electron chi connectivity index (χ2n) is 4.82. The molecule has 7 heteroatoms. The van der Waals surface area contributed by atoms with Crippen LogP contribution in [-0.4, -0.2) is 39.4 Å². The van der Waals surface area contributed by atoms with E-state index in [0.29, 0.717) is 12.3 Å². The highest BCUT2D eigenvalue weighted by atomic mass is 32.2. The van der Waals surface area contributed by atoms with Gasteiger partial charge in [-0.05, 0) is 45.5 Å². The van der Waals surface area contributed by atoms with Crippen molar-refractivity contribution >= 4 is 10.2 Å². The van der Waals surface area contributed by atoms with Gasteiger partial charge in [-0.2, -0.15) is 17.4 Å². The lowest BCUT2D eigenvalue weighted by atomic mass is 10.3. The average Bonchev–Trinajstić information content (AvgIpc) is 2.80. The molecule has 1 unspecified atom stereocenters. The van der Waals surface area contributed by atoms with Crippen molar-refractivity contribution in [3.8, 4) is 0 Å². The van der Waals surface area contributed by atoms with E-state index in [4.69, 9.17) is 4.42 Å². The number of hydrogen-bond acceptors (Lipinski definition) is 4. The molecule has 0 spiro atoms. The number of rotatable bonds is 9. The summed E-state index contributed by atoms with van der Waals surface area (Å²) in [5.74, 6) is 1.39. The van der Waals surface area contributed by atoms with Gasteiger partial charge in [-0.25, -0.2) is 0 Å². The largest absolute Gasteiger partial charge is 0.465 e. The highest BCUT2D eigenvalue weighted by molar-refractivity contribution is 7.87. The fourth-order valence-electron chi connectivity index (χ4n) is 1.78. The smallest absolute Gasteiger partial charge is 0.279 e. The molecule has 0 bridgehead atoms. The van der Waals surface area contributed by atoms with Crippen LogP contribution in [-0.2, 0) is 10.2 Å². The lowest BCUT2D eigenvalue weighted by Gasteiger charge is -2.20. The molecule has 1 rings (SSSR count). The summed E-state index contributed by atoms with van der Waals surface area (Å²) in [7, 11) is -1.91. The molecule has 0 saturated carbocycles. The van der Waals surface area contributed by atoms with Gasteiger partial charge >= 0.3 is 0 Å². The molecular formula is C13H25N3O3S. The zero-order chi connectivity index (χ0) is 15.2. The summed E-state index contributed by atoms with van der Waals surface area (Å²) in [6.07, 6.45) is 0.777. The maximum absolute atomic E-state index is 12.1. The van der Waals surface area contributed by atoms with Crippen molar-refractivity contribution in [1.82, 2.24) is 14.3 Å². The Morgan fingerprint density at radius 3 is 2.65 bits per heavy atom. The molecule has 0 radical (unpaired) electrons. The molecule has 1 atom stereocenters. The van der Waals surface area contributed by atoms with Crippen molar-refractivity contribution < 1.29 is 12.8 Å². The first-order chi connectivity index (χ1) is 9.36. The van der Waals surface area contributed by atoms with Crippen molar-refractivity contribution in [3.63, 3.8) is 0 Å². The van der Waals surface area contributed by atoms with Crippen LogP contribution < -0.4 is 10.0 Å². The Hall–Kier alpha value is -0.890. The topological polar surface area (TPSA) is 74.6 Å². The number of hydrogen-bond donors (Lipinski definition) is 2. The summed E-state index contributed by atoms with van der Waals surface area (Å²) in [5.41, 5.74) is 0. The Kier molecular flexibility index (Phi) is 6.67. The molecule has 2 N–H and O–H groups in total. The van der Waals surface area contributed by atoms with Crippen molar-refractivity contribution in [3.05, 3.63) is 23.7 Å². The molecule has 0 aliphatic heterocycles. The Morgan fingerprint density at radius 1 is 1.40 bits per heavy atom. The van der Waals surface area contributed by atoms with Crippen molar-refractivity contribution in [2.45, 2.75) is 33.2 Å². The maximum atomic E-state index is 12.1. The molecule has 0 aliphatic carbocycles. The van der Waals surface area contributed by atoms with E-state index < -0.39 is 10.2 Å². The van der Waals surface area contributed by atoms with Gasteiger partial charge in [0, 0.05) is 13.6 Å². The van der Waals surface area contributed by atoms with Crippen molar-refractivity contribution in [2.24, 2.45) is 0 Å². The Labute approximate surface area is 121 Å². The van der Waals surface area contributed by atoms with Gasteiger partial charge in [-0.15, -0.1) is 0 Å². The van der Waals surface area contributed by atoms with Crippen LogP contribution in [0.2, 0.25) is 0 Å². The zero-order valence-corrected chi connectivity index (χ0v) is 13.5. The van der Waals surface area contributed by atoms with E-state index >= 15 is 0 Å². The lowest BCUT2D eigenvalue weighted by Crippen LogP contribution is -2.40. The Balaban J connectivity index is 2.51. The van der Waals surface area contributed by atoms with Crippen LogP contribution in [0.5, 0.6) is 0 Å². The van der Waals surface area contributed by atoms with Gasteiger partial charge in [-0.1, -0.05) is 6.92 Å². The molecule has 0 amide bonds. The SMILES string of the molecule is CCNCCCN(C)S(=O)(=O)NC(C)c1ccc(C)o1. The molecule has 1 aromatic heterocycles. The van der Waals surface area contributed by atoms with E-state index in [-0.39, 0.29) is 6.04 Å². The average molecular weight is 303 g/mol. The minimum Gasteiger partial charge on any atom is -0.465 e. The monoisotopic (exact) mass is 303 g/mol. The maximum Gasteiger partial charge on any atom is 0.279 e. The first kappa shape index (κ1) is 17.2. The molecule has 6 nitrogen and oxygen atoms in total. The number of aryl methyl sites for hydroxylation is 1. The summed E-state index contributed by atoms with van der Waals surface area (Å²) in [6.45, 7) is 7.80. The van der Waals surface area contributed by atoms with Gasteiger partial charge in [0.05, 0.1) is 6.04 Å². The van der Waals surface area contributed by atoms with Crippen LogP contribution in [0.3, 0.4) is 0 Å². The molecule has 1 aromatic rings. The first-order valence-corrected chi connectivity index (χ1v) is 8.31. The van der Waals surface area contributed by atoms with Crippen molar-refractivity contribution in [1.29, 1.82) is 0 Å². The first-order valence-electron chi connectivity index (χ1n) is 6.87. The van der Waals surface area contributed by atoms with Crippen LogP contribution in [0.15, 0.2) is 16.5 Å². The minimum absolute atomic E-state index is 0.384. The molecule has 0 fully saturated rings. The van der Waals surface area contributed by atoms with Gasteiger partial charge < -0.3 is 9.73 Å². The van der Waals surface area contributed by atoms with E-state index in [0.717, 1.165) is 25.3 Å². The third-order valence-corrected chi connectivity index (χ3v) is 4.66. The van der Waals surface area contributed by atoms with E-state index in [1.54, 1.807) is 20.0 Å². The third kappa shape index (κ3) is 5.24. The quantitative estimate of drug-likeness (QED) is 0.677. The number of furan rings is 1. The second-order valence-corrected chi connectivity index (χ2v) is 6.63. The molecule has 0 saturated heterocycles. The fourth-order valence-corrected chi connectivity index (χ4v) is 2.89. The number of nitrogens with zero attached hydrogens (tertiary/aromatic N) is 1. The molecule has 116 valence electrons. The molecule has 0 aliphatic rings. The van der Waals surface area contributed by atoms with Gasteiger partial charge in [-0.3, -0.25) is 0 Å². The zero-order valence-electron chi connectivity index (χ0n) is 12.6. The van der Waals surface area contributed by atoms with Gasteiger partial charge in [0.15, 0.2) is 0 Å². The third-order valence-electron chi connectivity index (χ3n) is 3.00.